The average molecular weight is 277 g/mol. The second kappa shape index (κ2) is 5.04. The average Bonchev–Trinajstić information content (AvgIpc) is 2.62. The largest absolute Gasteiger partial charge is 0.345 e. The summed E-state index contributed by atoms with van der Waals surface area (Å²) in [5.41, 5.74) is 1.57. The van der Waals surface area contributed by atoms with Crippen LogP contribution in [0.15, 0.2) is 12.3 Å². The van der Waals surface area contributed by atoms with Gasteiger partial charge in [-0.15, -0.1) is 11.6 Å². The van der Waals surface area contributed by atoms with E-state index in [-0.39, 0.29) is 5.28 Å². The van der Waals surface area contributed by atoms with Gasteiger partial charge in [0.15, 0.2) is 0 Å². The standard InChI is InChI=1S/C10H8Cl3N3/c11-4-2-1-3-6-5-14-9-7(6)8(12)15-10(13)16-9/h1,3,5H,2,4H2,(H,14,15,16). The molecule has 16 heavy (non-hydrogen) atoms. The maximum Gasteiger partial charge on any atom is 0.225 e. The summed E-state index contributed by atoms with van der Waals surface area (Å²) < 4.78 is 0. The molecule has 0 bridgehead atoms. The Bertz CT molecular complexity index is 533. The van der Waals surface area contributed by atoms with Crippen LogP contribution < -0.4 is 0 Å². The van der Waals surface area contributed by atoms with Crippen LogP contribution in [0.25, 0.3) is 17.1 Å². The lowest BCUT2D eigenvalue weighted by atomic mass is 10.2. The minimum absolute atomic E-state index is 0.135. The molecule has 0 spiro atoms. The van der Waals surface area contributed by atoms with Crippen molar-refractivity contribution in [3.63, 3.8) is 0 Å². The summed E-state index contributed by atoms with van der Waals surface area (Å²) in [6.07, 6.45) is 6.53. The van der Waals surface area contributed by atoms with Crippen molar-refractivity contribution in [2.45, 2.75) is 6.42 Å². The Balaban J connectivity index is 2.48. The first kappa shape index (κ1) is 11.7. The van der Waals surface area contributed by atoms with Gasteiger partial charge in [-0.05, 0) is 18.0 Å². The van der Waals surface area contributed by atoms with Crippen molar-refractivity contribution in [1.82, 2.24) is 15.0 Å². The maximum atomic E-state index is 6.01. The number of halogens is 3. The Labute approximate surface area is 107 Å². The smallest absolute Gasteiger partial charge is 0.225 e. The number of aromatic amines is 1. The predicted molar refractivity (Wildman–Crippen MR) is 68.3 cm³/mol. The minimum Gasteiger partial charge on any atom is -0.345 e. The van der Waals surface area contributed by atoms with Gasteiger partial charge in [-0.2, -0.15) is 4.98 Å². The van der Waals surface area contributed by atoms with Crippen LogP contribution in [0.2, 0.25) is 10.4 Å². The van der Waals surface area contributed by atoms with E-state index in [1.54, 1.807) is 0 Å². The first-order chi connectivity index (χ1) is 7.72. The molecule has 0 aliphatic rings. The van der Waals surface area contributed by atoms with Gasteiger partial charge in [0, 0.05) is 17.6 Å². The molecule has 0 saturated heterocycles. The molecule has 2 aromatic rings. The summed E-state index contributed by atoms with van der Waals surface area (Å²) >= 11 is 17.3. The van der Waals surface area contributed by atoms with E-state index in [0.29, 0.717) is 16.7 Å². The summed E-state index contributed by atoms with van der Waals surface area (Å²) in [4.78, 5) is 10.9. The van der Waals surface area contributed by atoms with Crippen LogP contribution >= 0.6 is 34.8 Å². The number of aromatic nitrogens is 3. The Kier molecular flexibility index (Phi) is 3.69. The number of hydrogen-bond acceptors (Lipinski definition) is 2. The first-order valence-corrected chi connectivity index (χ1v) is 5.94. The molecule has 2 aromatic heterocycles. The molecule has 0 radical (unpaired) electrons. The molecule has 0 saturated carbocycles. The number of rotatable bonds is 3. The zero-order chi connectivity index (χ0) is 11.5. The SMILES string of the molecule is ClCCC=Cc1c[nH]c2nc(Cl)nc(Cl)c12. The van der Waals surface area contributed by atoms with Crippen molar-refractivity contribution >= 4 is 51.9 Å². The number of H-pyrrole nitrogens is 1. The highest BCUT2D eigenvalue weighted by Crippen LogP contribution is 2.26. The zero-order valence-corrected chi connectivity index (χ0v) is 10.4. The molecular formula is C10H8Cl3N3. The Morgan fingerprint density at radius 2 is 2.12 bits per heavy atom. The van der Waals surface area contributed by atoms with E-state index in [1.165, 1.54) is 0 Å². The normalized spacial score (nSPS) is 11.7. The number of nitrogens with one attached hydrogen (secondary N) is 1. The van der Waals surface area contributed by atoms with Gasteiger partial charge in [-0.3, -0.25) is 0 Å². The van der Waals surface area contributed by atoms with Crippen LogP contribution in [-0.4, -0.2) is 20.8 Å². The van der Waals surface area contributed by atoms with Gasteiger partial charge in [0.25, 0.3) is 0 Å². The fourth-order valence-electron chi connectivity index (χ4n) is 1.39. The van der Waals surface area contributed by atoms with E-state index in [2.05, 4.69) is 15.0 Å². The molecule has 0 aromatic carbocycles. The minimum atomic E-state index is 0.135. The lowest BCUT2D eigenvalue weighted by Crippen LogP contribution is -1.85. The van der Waals surface area contributed by atoms with Crippen molar-refractivity contribution in [3.8, 4) is 0 Å². The third-order valence-corrected chi connectivity index (χ3v) is 2.72. The monoisotopic (exact) mass is 275 g/mol. The second-order valence-corrected chi connectivity index (χ2v) is 4.21. The molecule has 84 valence electrons. The molecule has 2 rings (SSSR count). The van der Waals surface area contributed by atoms with E-state index >= 15 is 0 Å². The summed E-state index contributed by atoms with van der Waals surface area (Å²) in [5, 5.41) is 1.26. The first-order valence-electron chi connectivity index (χ1n) is 4.65. The topological polar surface area (TPSA) is 41.6 Å². The highest BCUT2D eigenvalue weighted by molar-refractivity contribution is 6.36. The second-order valence-electron chi connectivity index (χ2n) is 3.13. The van der Waals surface area contributed by atoms with Gasteiger partial charge < -0.3 is 4.98 Å². The Morgan fingerprint density at radius 3 is 2.88 bits per heavy atom. The van der Waals surface area contributed by atoms with Crippen LogP contribution in [0.5, 0.6) is 0 Å². The van der Waals surface area contributed by atoms with Crippen molar-refractivity contribution in [2.75, 3.05) is 5.88 Å². The summed E-state index contributed by atoms with van der Waals surface area (Å²) in [5.74, 6) is 0.592. The van der Waals surface area contributed by atoms with E-state index < -0.39 is 0 Å². The van der Waals surface area contributed by atoms with Crippen LogP contribution in [0.4, 0.5) is 0 Å². The number of alkyl halides is 1. The third kappa shape index (κ3) is 2.32. The van der Waals surface area contributed by atoms with Crippen LogP contribution in [0, 0.1) is 0 Å². The molecule has 0 fully saturated rings. The van der Waals surface area contributed by atoms with Crippen molar-refractivity contribution in [3.05, 3.63) is 28.3 Å². The van der Waals surface area contributed by atoms with E-state index in [0.717, 1.165) is 17.4 Å². The number of fused-ring (bicyclic) bond motifs is 1. The maximum absolute atomic E-state index is 6.01. The van der Waals surface area contributed by atoms with Crippen molar-refractivity contribution in [2.24, 2.45) is 0 Å². The van der Waals surface area contributed by atoms with Gasteiger partial charge >= 0.3 is 0 Å². The molecule has 3 nitrogen and oxygen atoms in total. The summed E-state index contributed by atoms with van der Waals surface area (Å²) in [7, 11) is 0. The highest BCUT2D eigenvalue weighted by Gasteiger charge is 2.09. The third-order valence-electron chi connectivity index (χ3n) is 2.06. The lowest BCUT2D eigenvalue weighted by molar-refractivity contribution is 1.20. The van der Waals surface area contributed by atoms with Gasteiger partial charge in [-0.1, -0.05) is 23.8 Å². The van der Waals surface area contributed by atoms with E-state index in [1.807, 2.05) is 18.3 Å². The quantitative estimate of drug-likeness (QED) is 0.525. The molecule has 6 heteroatoms. The molecule has 0 atom stereocenters. The van der Waals surface area contributed by atoms with Gasteiger partial charge in [0.05, 0.1) is 5.39 Å². The number of hydrogen-bond donors (Lipinski definition) is 1. The van der Waals surface area contributed by atoms with E-state index in [4.69, 9.17) is 34.8 Å². The van der Waals surface area contributed by atoms with E-state index in [9.17, 15) is 0 Å². The molecule has 2 heterocycles. The number of allylic oxidation sites excluding steroid dienone is 1. The van der Waals surface area contributed by atoms with Crippen LogP contribution in [0.3, 0.4) is 0 Å². The molecule has 0 amide bonds. The molecule has 0 unspecified atom stereocenters. The van der Waals surface area contributed by atoms with Crippen molar-refractivity contribution < 1.29 is 0 Å². The zero-order valence-electron chi connectivity index (χ0n) is 8.17. The van der Waals surface area contributed by atoms with Gasteiger partial charge in [-0.25, -0.2) is 4.98 Å². The van der Waals surface area contributed by atoms with Gasteiger partial charge in [0.1, 0.15) is 10.8 Å². The fraction of sp³-hybridized carbons (Fsp3) is 0.200. The van der Waals surface area contributed by atoms with Gasteiger partial charge in [0.2, 0.25) is 5.28 Å². The fourth-order valence-corrected chi connectivity index (χ4v) is 2.01. The molecular weight excluding hydrogens is 268 g/mol. The molecule has 0 aliphatic heterocycles. The van der Waals surface area contributed by atoms with Crippen LogP contribution in [0.1, 0.15) is 12.0 Å². The highest BCUT2D eigenvalue weighted by atomic mass is 35.5. The predicted octanol–water partition coefficient (Wildman–Crippen LogP) is 3.91. The molecule has 0 aliphatic carbocycles. The molecule has 1 N–H and O–H groups in total. The number of nitrogens with zero attached hydrogens (tertiary/aromatic N) is 2. The summed E-state index contributed by atoms with van der Waals surface area (Å²) in [6, 6.07) is 0. The summed E-state index contributed by atoms with van der Waals surface area (Å²) in [6.45, 7) is 0. The van der Waals surface area contributed by atoms with Crippen LogP contribution in [-0.2, 0) is 0 Å². The lowest BCUT2D eigenvalue weighted by Gasteiger charge is -1.95. The van der Waals surface area contributed by atoms with Crippen molar-refractivity contribution in [1.29, 1.82) is 0 Å². The Hall–Kier alpha value is -0.770. The Morgan fingerprint density at radius 1 is 1.31 bits per heavy atom.